The fraction of sp³-hybridized carbons (Fsp3) is 0.278. The zero-order chi connectivity index (χ0) is 14.7. The van der Waals surface area contributed by atoms with Crippen LogP contribution in [0, 0.1) is 17.7 Å². The van der Waals surface area contributed by atoms with E-state index in [9.17, 15) is 9.18 Å². The van der Waals surface area contributed by atoms with Gasteiger partial charge in [0.15, 0.2) is 0 Å². The van der Waals surface area contributed by atoms with Crippen molar-refractivity contribution >= 4 is 5.97 Å². The number of esters is 1. The molecule has 0 amide bonds. The molecular weight excluding hydrogens is 267 g/mol. The Kier molecular flexibility index (Phi) is 4.00. The molecule has 1 aliphatic rings. The molecule has 2 atom stereocenters. The summed E-state index contributed by atoms with van der Waals surface area (Å²) >= 11 is 0. The molecule has 0 aromatic heterocycles. The van der Waals surface area contributed by atoms with Crippen LogP contribution in [0.15, 0.2) is 54.6 Å². The third-order valence-corrected chi connectivity index (χ3v) is 4.00. The highest BCUT2D eigenvalue weighted by molar-refractivity contribution is 5.75. The van der Waals surface area contributed by atoms with Crippen LogP contribution >= 0.6 is 0 Å². The van der Waals surface area contributed by atoms with Crippen LogP contribution in [-0.2, 0) is 22.4 Å². The van der Waals surface area contributed by atoms with Gasteiger partial charge in [-0.1, -0.05) is 42.5 Å². The molecule has 0 spiro atoms. The Morgan fingerprint density at radius 2 is 1.76 bits per heavy atom. The average molecular weight is 284 g/mol. The quantitative estimate of drug-likeness (QED) is 0.804. The van der Waals surface area contributed by atoms with Crippen LogP contribution in [0.25, 0.3) is 0 Å². The summed E-state index contributed by atoms with van der Waals surface area (Å²) in [5.74, 6) is -0.464. The lowest BCUT2D eigenvalue weighted by Gasteiger charge is -2.15. The summed E-state index contributed by atoms with van der Waals surface area (Å²) in [6.45, 7) is 0.452. The van der Waals surface area contributed by atoms with Crippen molar-refractivity contribution in [2.45, 2.75) is 12.8 Å². The topological polar surface area (TPSA) is 26.3 Å². The van der Waals surface area contributed by atoms with Gasteiger partial charge in [0.05, 0.1) is 12.5 Å². The van der Waals surface area contributed by atoms with E-state index in [2.05, 4.69) is 12.1 Å². The highest BCUT2D eigenvalue weighted by Crippen LogP contribution is 2.29. The van der Waals surface area contributed by atoms with Gasteiger partial charge in [0.2, 0.25) is 0 Å². The van der Waals surface area contributed by atoms with Gasteiger partial charge in [-0.15, -0.1) is 0 Å². The summed E-state index contributed by atoms with van der Waals surface area (Å²) in [7, 11) is 0. The SMILES string of the molecule is O=C1OC[C@H](Cc2ccccc2)[C@H]1Cc1cccc(F)c1. The zero-order valence-electron chi connectivity index (χ0n) is 11.7. The molecule has 0 aliphatic carbocycles. The number of carbonyl (C=O) groups excluding carboxylic acids is 1. The number of benzene rings is 2. The second-order valence-electron chi connectivity index (χ2n) is 5.52. The van der Waals surface area contributed by atoms with E-state index in [1.54, 1.807) is 6.07 Å². The van der Waals surface area contributed by atoms with Crippen molar-refractivity contribution in [3.05, 3.63) is 71.5 Å². The molecule has 0 unspecified atom stereocenters. The number of halogens is 1. The van der Waals surface area contributed by atoms with E-state index < -0.39 is 0 Å². The molecule has 2 aromatic carbocycles. The van der Waals surface area contributed by atoms with E-state index in [0.717, 1.165) is 12.0 Å². The van der Waals surface area contributed by atoms with Crippen LogP contribution in [0.1, 0.15) is 11.1 Å². The minimum Gasteiger partial charge on any atom is -0.465 e. The number of rotatable bonds is 4. The lowest BCUT2D eigenvalue weighted by Crippen LogP contribution is -2.20. The maximum absolute atomic E-state index is 13.3. The molecule has 1 aliphatic heterocycles. The fourth-order valence-corrected chi connectivity index (χ4v) is 2.89. The Hall–Kier alpha value is -2.16. The van der Waals surface area contributed by atoms with Gasteiger partial charge < -0.3 is 4.74 Å². The fourth-order valence-electron chi connectivity index (χ4n) is 2.89. The molecule has 1 saturated heterocycles. The van der Waals surface area contributed by atoms with E-state index in [0.29, 0.717) is 13.0 Å². The van der Waals surface area contributed by atoms with Gasteiger partial charge in [0.1, 0.15) is 5.82 Å². The van der Waals surface area contributed by atoms with Crippen molar-refractivity contribution in [3.63, 3.8) is 0 Å². The Balaban J connectivity index is 1.73. The predicted molar refractivity (Wildman–Crippen MR) is 78.2 cm³/mol. The first-order valence-electron chi connectivity index (χ1n) is 7.17. The first-order chi connectivity index (χ1) is 10.2. The third-order valence-electron chi connectivity index (χ3n) is 4.00. The van der Waals surface area contributed by atoms with Gasteiger partial charge in [0, 0.05) is 5.92 Å². The Morgan fingerprint density at radius 1 is 1.00 bits per heavy atom. The summed E-state index contributed by atoms with van der Waals surface area (Å²) in [5.41, 5.74) is 2.04. The van der Waals surface area contributed by atoms with Crippen LogP contribution < -0.4 is 0 Å². The molecule has 108 valence electrons. The van der Waals surface area contributed by atoms with Crippen LogP contribution in [0.4, 0.5) is 4.39 Å². The Labute approximate surface area is 123 Å². The number of carbonyl (C=O) groups is 1. The first kappa shape index (κ1) is 13.8. The van der Waals surface area contributed by atoms with Gasteiger partial charge in [-0.05, 0) is 36.1 Å². The standard InChI is InChI=1S/C18H17FO2/c19-16-8-4-7-14(10-16)11-17-15(12-21-18(17)20)9-13-5-2-1-3-6-13/h1-8,10,15,17H,9,11-12H2/t15-,17+/m0/s1. The van der Waals surface area contributed by atoms with Gasteiger partial charge in [-0.3, -0.25) is 4.79 Å². The van der Waals surface area contributed by atoms with Crippen LogP contribution in [0.5, 0.6) is 0 Å². The highest BCUT2D eigenvalue weighted by atomic mass is 19.1. The van der Waals surface area contributed by atoms with Crippen molar-refractivity contribution in [2.75, 3.05) is 6.61 Å². The van der Waals surface area contributed by atoms with Gasteiger partial charge in [-0.25, -0.2) is 4.39 Å². The normalized spacial score (nSPS) is 21.3. The number of cyclic esters (lactones) is 1. The number of hydrogen-bond donors (Lipinski definition) is 0. The molecule has 2 aromatic rings. The number of hydrogen-bond acceptors (Lipinski definition) is 2. The first-order valence-corrected chi connectivity index (χ1v) is 7.17. The predicted octanol–water partition coefficient (Wildman–Crippen LogP) is 3.40. The summed E-state index contributed by atoms with van der Waals surface area (Å²) in [4.78, 5) is 11.9. The van der Waals surface area contributed by atoms with E-state index >= 15 is 0 Å². The van der Waals surface area contributed by atoms with Crippen molar-refractivity contribution in [1.29, 1.82) is 0 Å². The van der Waals surface area contributed by atoms with Crippen molar-refractivity contribution < 1.29 is 13.9 Å². The minimum absolute atomic E-state index is 0.156. The second-order valence-corrected chi connectivity index (χ2v) is 5.52. The molecule has 1 heterocycles. The largest absolute Gasteiger partial charge is 0.465 e. The van der Waals surface area contributed by atoms with E-state index in [1.165, 1.54) is 17.7 Å². The molecule has 0 N–H and O–H groups in total. The number of ether oxygens (including phenoxy) is 1. The van der Waals surface area contributed by atoms with Crippen molar-refractivity contribution in [3.8, 4) is 0 Å². The lowest BCUT2D eigenvalue weighted by molar-refractivity contribution is -0.141. The molecule has 3 rings (SSSR count). The van der Waals surface area contributed by atoms with E-state index in [4.69, 9.17) is 4.74 Å². The highest BCUT2D eigenvalue weighted by Gasteiger charge is 2.36. The smallest absolute Gasteiger partial charge is 0.309 e. The summed E-state index contributed by atoms with van der Waals surface area (Å²) < 4.78 is 18.5. The van der Waals surface area contributed by atoms with E-state index in [1.807, 2.05) is 24.3 Å². The van der Waals surface area contributed by atoms with Crippen LogP contribution in [-0.4, -0.2) is 12.6 Å². The van der Waals surface area contributed by atoms with Crippen molar-refractivity contribution in [2.24, 2.45) is 11.8 Å². The molecule has 21 heavy (non-hydrogen) atoms. The average Bonchev–Trinajstić information content (AvgIpc) is 2.81. The maximum Gasteiger partial charge on any atom is 0.309 e. The molecule has 0 saturated carbocycles. The second kappa shape index (κ2) is 6.08. The molecule has 3 heteroatoms. The monoisotopic (exact) mass is 284 g/mol. The molecule has 1 fully saturated rings. The van der Waals surface area contributed by atoms with E-state index in [-0.39, 0.29) is 23.6 Å². The van der Waals surface area contributed by atoms with Gasteiger partial charge in [-0.2, -0.15) is 0 Å². The molecule has 0 bridgehead atoms. The van der Waals surface area contributed by atoms with Crippen molar-refractivity contribution in [1.82, 2.24) is 0 Å². The third kappa shape index (κ3) is 3.30. The van der Waals surface area contributed by atoms with Crippen LogP contribution in [0.2, 0.25) is 0 Å². The Bertz CT molecular complexity index is 624. The van der Waals surface area contributed by atoms with Gasteiger partial charge >= 0.3 is 5.97 Å². The maximum atomic E-state index is 13.3. The Morgan fingerprint density at radius 3 is 2.52 bits per heavy atom. The zero-order valence-corrected chi connectivity index (χ0v) is 11.7. The van der Waals surface area contributed by atoms with Gasteiger partial charge in [0.25, 0.3) is 0 Å². The van der Waals surface area contributed by atoms with Crippen LogP contribution in [0.3, 0.4) is 0 Å². The summed E-state index contributed by atoms with van der Waals surface area (Å²) in [5, 5.41) is 0. The molecule has 2 nitrogen and oxygen atoms in total. The summed E-state index contributed by atoms with van der Waals surface area (Å²) in [6, 6.07) is 16.5. The molecular formula is C18H17FO2. The lowest BCUT2D eigenvalue weighted by atomic mass is 9.85. The minimum atomic E-state index is -0.265. The summed E-state index contributed by atoms with van der Waals surface area (Å²) in [6.07, 6.45) is 1.35. The molecule has 0 radical (unpaired) electrons.